The Morgan fingerprint density at radius 3 is 2.64 bits per heavy atom. The molecule has 0 unspecified atom stereocenters. The summed E-state index contributed by atoms with van der Waals surface area (Å²) in [6.45, 7) is 5.48. The van der Waals surface area contributed by atoms with E-state index < -0.39 is 17.3 Å². The van der Waals surface area contributed by atoms with Crippen molar-refractivity contribution in [3.63, 3.8) is 0 Å². The molecule has 2 atom stereocenters. The van der Waals surface area contributed by atoms with Crippen molar-refractivity contribution in [1.82, 2.24) is 14.6 Å². The number of nitrogens with zero attached hydrogens (tertiary/aromatic N) is 3. The molecule has 1 amide bonds. The zero-order valence-electron chi connectivity index (χ0n) is 22.4. The van der Waals surface area contributed by atoms with Gasteiger partial charge in [-0.05, 0) is 64.5 Å². The van der Waals surface area contributed by atoms with Crippen molar-refractivity contribution in [2.75, 3.05) is 11.9 Å². The second-order valence-electron chi connectivity index (χ2n) is 10.8. The molecule has 0 aromatic carbocycles. The highest BCUT2D eigenvalue weighted by Crippen LogP contribution is 2.40. The predicted octanol–water partition coefficient (Wildman–Crippen LogP) is 4.70. The van der Waals surface area contributed by atoms with Crippen LogP contribution in [0.2, 0.25) is 0 Å². The summed E-state index contributed by atoms with van der Waals surface area (Å²) in [7, 11) is 0. The number of hydrogen-bond acceptors (Lipinski definition) is 10. The number of nitrogens with one attached hydrogen (secondary N) is 1. The van der Waals surface area contributed by atoms with Gasteiger partial charge in [0.15, 0.2) is 23.9 Å². The van der Waals surface area contributed by atoms with Gasteiger partial charge in [-0.15, -0.1) is 0 Å². The standard InChI is InChI=1S/C27H34N4O8/c1-16-22(39-26(34)37-16)14-36-25(33)30-23-20-11-10-19(31(20)29-15-28-23)21-12-9-18(38-21)13-35-24(32)27(2,3)17-7-5-4-6-8-17/h10-11,15,17-18,21H,4-9,12-14H2,1-3H3,(H,28,29,30,33)/t18-,21+/m0/s1. The quantitative estimate of drug-likeness (QED) is 0.397. The molecule has 210 valence electrons. The maximum atomic E-state index is 12.9. The molecular weight excluding hydrogens is 508 g/mol. The fourth-order valence-corrected chi connectivity index (χ4v) is 5.46. The van der Waals surface area contributed by atoms with Crippen LogP contribution in [0.1, 0.15) is 82.1 Å². The van der Waals surface area contributed by atoms with Crippen LogP contribution >= 0.6 is 0 Å². The van der Waals surface area contributed by atoms with Crippen LogP contribution in [-0.2, 0) is 25.6 Å². The van der Waals surface area contributed by atoms with E-state index in [4.69, 9.17) is 23.0 Å². The third-order valence-corrected chi connectivity index (χ3v) is 7.86. The van der Waals surface area contributed by atoms with Crippen molar-refractivity contribution in [3.05, 3.63) is 46.3 Å². The highest BCUT2D eigenvalue weighted by atomic mass is 16.6. The molecule has 0 spiro atoms. The number of rotatable bonds is 8. The molecule has 1 saturated heterocycles. The van der Waals surface area contributed by atoms with Crippen LogP contribution in [0.15, 0.2) is 32.1 Å². The predicted molar refractivity (Wildman–Crippen MR) is 137 cm³/mol. The van der Waals surface area contributed by atoms with Gasteiger partial charge in [0, 0.05) is 0 Å². The third kappa shape index (κ3) is 5.85. The lowest BCUT2D eigenvalue weighted by Crippen LogP contribution is -2.37. The summed E-state index contributed by atoms with van der Waals surface area (Å²) in [6.07, 6.45) is 7.33. The molecule has 3 aromatic heterocycles. The van der Waals surface area contributed by atoms with Crippen LogP contribution in [0.4, 0.5) is 10.6 Å². The highest BCUT2D eigenvalue weighted by Gasteiger charge is 2.39. The van der Waals surface area contributed by atoms with E-state index in [0.29, 0.717) is 11.4 Å². The lowest BCUT2D eigenvalue weighted by Gasteiger charge is -2.35. The molecule has 12 heteroatoms. The normalized spacial score (nSPS) is 20.3. The van der Waals surface area contributed by atoms with Gasteiger partial charge in [-0.25, -0.2) is 19.1 Å². The molecule has 1 aliphatic carbocycles. The van der Waals surface area contributed by atoms with Gasteiger partial charge >= 0.3 is 17.9 Å². The van der Waals surface area contributed by atoms with Crippen molar-refractivity contribution >= 4 is 23.4 Å². The Hall–Kier alpha value is -3.67. The van der Waals surface area contributed by atoms with Gasteiger partial charge in [-0.1, -0.05) is 19.3 Å². The average Bonchev–Trinajstić information content (AvgIpc) is 3.65. The van der Waals surface area contributed by atoms with Crippen molar-refractivity contribution < 1.29 is 32.6 Å². The maximum absolute atomic E-state index is 12.9. The van der Waals surface area contributed by atoms with Crippen molar-refractivity contribution in [2.45, 2.75) is 84.5 Å². The van der Waals surface area contributed by atoms with Gasteiger partial charge < -0.3 is 23.0 Å². The number of anilines is 1. The van der Waals surface area contributed by atoms with E-state index in [1.54, 1.807) is 10.6 Å². The monoisotopic (exact) mass is 542 g/mol. The molecule has 4 heterocycles. The van der Waals surface area contributed by atoms with Gasteiger partial charge in [0.05, 0.1) is 17.2 Å². The topological polar surface area (TPSA) is 147 Å². The molecular formula is C27H34N4O8. The number of carbonyl (C=O) groups excluding carboxylic acids is 2. The average molecular weight is 543 g/mol. The zero-order valence-corrected chi connectivity index (χ0v) is 22.4. The number of hydrogen-bond donors (Lipinski definition) is 1. The number of aromatic nitrogens is 3. The summed E-state index contributed by atoms with van der Waals surface area (Å²) in [5.74, 6) is -0.0361. The van der Waals surface area contributed by atoms with E-state index in [1.165, 1.54) is 32.5 Å². The van der Waals surface area contributed by atoms with E-state index >= 15 is 0 Å². The first-order valence-corrected chi connectivity index (χ1v) is 13.4. The molecule has 1 N–H and O–H groups in total. The molecule has 0 bridgehead atoms. The molecule has 2 aliphatic rings. The fraction of sp³-hybridized carbons (Fsp3) is 0.593. The Labute approximate surface area is 225 Å². The maximum Gasteiger partial charge on any atom is 0.519 e. The van der Waals surface area contributed by atoms with E-state index in [0.717, 1.165) is 31.4 Å². The molecule has 3 aromatic rings. The Morgan fingerprint density at radius 1 is 1.10 bits per heavy atom. The van der Waals surface area contributed by atoms with E-state index in [-0.39, 0.29) is 48.7 Å². The van der Waals surface area contributed by atoms with Gasteiger partial charge in [0.2, 0.25) is 0 Å². The summed E-state index contributed by atoms with van der Waals surface area (Å²) in [5.41, 5.74) is 0.863. The Kier molecular flexibility index (Phi) is 7.74. The van der Waals surface area contributed by atoms with Gasteiger partial charge in [-0.2, -0.15) is 5.10 Å². The van der Waals surface area contributed by atoms with Gasteiger partial charge in [0.1, 0.15) is 24.6 Å². The largest absolute Gasteiger partial charge is 0.519 e. The fourth-order valence-electron chi connectivity index (χ4n) is 5.46. The molecule has 1 saturated carbocycles. The van der Waals surface area contributed by atoms with Gasteiger partial charge in [-0.3, -0.25) is 10.1 Å². The van der Waals surface area contributed by atoms with Crippen molar-refractivity contribution in [2.24, 2.45) is 11.3 Å². The number of aryl methyl sites for hydroxylation is 1. The lowest BCUT2D eigenvalue weighted by molar-refractivity contribution is -0.162. The van der Waals surface area contributed by atoms with E-state index in [2.05, 4.69) is 15.4 Å². The Balaban J connectivity index is 1.17. The minimum atomic E-state index is -0.859. The molecule has 0 radical (unpaired) electrons. The number of amides is 1. The first-order valence-electron chi connectivity index (χ1n) is 13.4. The SMILES string of the molecule is Cc1oc(=O)oc1COC(=O)Nc1ncnn2c([C@H]3CC[C@@H](COC(=O)C(C)(C)C4CCCCC4)O3)ccc12. The number of ether oxygens (including phenoxy) is 3. The lowest BCUT2D eigenvalue weighted by atomic mass is 9.71. The number of carbonyl (C=O) groups is 2. The van der Waals surface area contributed by atoms with Crippen molar-refractivity contribution in [1.29, 1.82) is 0 Å². The van der Waals surface area contributed by atoms with Crippen LogP contribution in [0.3, 0.4) is 0 Å². The second kappa shape index (κ2) is 11.2. The highest BCUT2D eigenvalue weighted by molar-refractivity contribution is 5.88. The number of esters is 1. The van der Waals surface area contributed by atoms with Crippen LogP contribution in [0, 0.1) is 18.3 Å². The molecule has 1 aliphatic heterocycles. The van der Waals surface area contributed by atoms with Crippen LogP contribution in [0.25, 0.3) is 5.52 Å². The minimum Gasteiger partial charge on any atom is -0.463 e. The van der Waals surface area contributed by atoms with E-state index in [9.17, 15) is 14.4 Å². The molecule has 39 heavy (non-hydrogen) atoms. The minimum absolute atomic E-state index is 0.129. The summed E-state index contributed by atoms with van der Waals surface area (Å²) in [4.78, 5) is 40.5. The Bertz CT molecular complexity index is 1380. The summed E-state index contributed by atoms with van der Waals surface area (Å²) in [5, 5.41) is 6.92. The zero-order chi connectivity index (χ0) is 27.6. The Morgan fingerprint density at radius 2 is 1.90 bits per heavy atom. The van der Waals surface area contributed by atoms with Crippen LogP contribution < -0.4 is 11.1 Å². The van der Waals surface area contributed by atoms with Crippen molar-refractivity contribution in [3.8, 4) is 0 Å². The third-order valence-electron chi connectivity index (χ3n) is 7.86. The summed E-state index contributed by atoms with van der Waals surface area (Å²) in [6, 6.07) is 3.66. The smallest absolute Gasteiger partial charge is 0.463 e. The first kappa shape index (κ1) is 26.9. The van der Waals surface area contributed by atoms with Gasteiger partial charge in [0.25, 0.3) is 0 Å². The first-order chi connectivity index (χ1) is 18.7. The van der Waals surface area contributed by atoms with Crippen LogP contribution in [0.5, 0.6) is 0 Å². The number of fused-ring (bicyclic) bond motifs is 1. The van der Waals surface area contributed by atoms with E-state index in [1.807, 2.05) is 19.9 Å². The molecule has 5 rings (SSSR count). The summed E-state index contributed by atoms with van der Waals surface area (Å²) >= 11 is 0. The van der Waals surface area contributed by atoms with Crippen LogP contribution in [-0.4, -0.2) is 39.4 Å². The molecule has 12 nitrogen and oxygen atoms in total. The summed E-state index contributed by atoms with van der Waals surface area (Å²) < 4.78 is 28.3. The second-order valence-corrected chi connectivity index (χ2v) is 10.8. The molecule has 2 fully saturated rings.